The summed E-state index contributed by atoms with van der Waals surface area (Å²) in [5.41, 5.74) is 4.29. The van der Waals surface area contributed by atoms with E-state index in [1.165, 1.54) is 13.8 Å². The first kappa shape index (κ1) is 39.5. The lowest BCUT2D eigenvalue weighted by Gasteiger charge is -2.28. The zero-order chi connectivity index (χ0) is 37.3. The molecule has 1 aliphatic rings. The number of carbonyl (C=O) groups is 6. The summed E-state index contributed by atoms with van der Waals surface area (Å²) in [5, 5.41) is 22.1. The van der Waals surface area contributed by atoms with E-state index < -0.39 is 65.9 Å². The first-order valence-electron chi connectivity index (χ1n) is 17.1. The fourth-order valence-electron chi connectivity index (χ4n) is 5.82. The van der Waals surface area contributed by atoms with Crippen LogP contribution >= 0.6 is 0 Å². The van der Waals surface area contributed by atoms with Crippen molar-refractivity contribution in [2.45, 2.75) is 97.9 Å². The van der Waals surface area contributed by atoms with Gasteiger partial charge in [-0.15, -0.1) is 0 Å². The summed E-state index contributed by atoms with van der Waals surface area (Å²) in [5.74, 6) is -4.68. The molecule has 0 heterocycles. The number of carboxylic acid groups (broad SMARTS) is 1. The number of nitrogens with one attached hydrogen (secondary N) is 5. The third-order valence-electron chi connectivity index (χ3n) is 8.63. The summed E-state index contributed by atoms with van der Waals surface area (Å²) in [4.78, 5) is 76.9. The zero-order valence-electron chi connectivity index (χ0n) is 30.0. The van der Waals surface area contributed by atoms with Crippen LogP contribution in [-0.4, -0.2) is 77.6 Å². The molecule has 5 atom stereocenters. The minimum atomic E-state index is -1.22. The number of ether oxygens (including phenoxy) is 1. The van der Waals surface area contributed by atoms with Crippen molar-refractivity contribution in [3.05, 3.63) is 59.7 Å². The topological polar surface area (TPSA) is 192 Å². The van der Waals surface area contributed by atoms with Gasteiger partial charge in [0.15, 0.2) is 0 Å². The van der Waals surface area contributed by atoms with E-state index >= 15 is 0 Å². The van der Waals surface area contributed by atoms with E-state index in [0.29, 0.717) is 0 Å². The second-order valence-corrected chi connectivity index (χ2v) is 13.9. The monoisotopic (exact) mass is 693 g/mol. The van der Waals surface area contributed by atoms with Crippen LogP contribution < -0.4 is 26.6 Å². The van der Waals surface area contributed by atoms with Crippen LogP contribution in [0.3, 0.4) is 0 Å². The summed E-state index contributed by atoms with van der Waals surface area (Å²) in [6, 6.07) is 10.5. The van der Waals surface area contributed by atoms with Crippen molar-refractivity contribution in [1.82, 2.24) is 26.6 Å². The Morgan fingerprint density at radius 2 is 1.10 bits per heavy atom. The van der Waals surface area contributed by atoms with Crippen molar-refractivity contribution in [1.29, 1.82) is 0 Å². The van der Waals surface area contributed by atoms with E-state index in [1.807, 2.05) is 62.4 Å². The molecule has 0 bridgehead atoms. The quantitative estimate of drug-likeness (QED) is 0.154. The highest BCUT2D eigenvalue weighted by molar-refractivity contribution is 5.95. The zero-order valence-corrected chi connectivity index (χ0v) is 30.0. The van der Waals surface area contributed by atoms with Gasteiger partial charge in [-0.05, 0) is 60.3 Å². The molecule has 0 radical (unpaired) electrons. The van der Waals surface area contributed by atoms with Gasteiger partial charge in [0.25, 0.3) is 0 Å². The van der Waals surface area contributed by atoms with Crippen molar-refractivity contribution in [2.24, 2.45) is 17.8 Å². The van der Waals surface area contributed by atoms with Crippen LogP contribution in [0.25, 0.3) is 11.1 Å². The normalized spacial score (nSPS) is 15.2. The molecule has 1 aliphatic carbocycles. The van der Waals surface area contributed by atoms with Crippen molar-refractivity contribution in [3.63, 3.8) is 0 Å². The molecule has 0 unspecified atom stereocenters. The predicted octanol–water partition coefficient (Wildman–Crippen LogP) is 3.32. The highest BCUT2D eigenvalue weighted by Gasteiger charge is 2.34. The number of hydrogen-bond acceptors (Lipinski definition) is 7. The highest BCUT2D eigenvalue weighted by atomic mass is 16.5. The Labute approximate surface area is 293 Å². The summed E-state index contributed by atoms with van der Waals surface area (Å²) in [7, 11) is 0. The first-order valence-corrected chi connectivity index (χ1v) is 17.1. The van der Waals surface area contributed by atoms with Gasteiger partial charge in [-0.2, -0.15) is 0 Å². The van der Waals surface area contributed by atoms with E-state index in [2.05, 4.69) is 26.6 Å². The van der Waals surface area contributed by atoms with Gasteiger partial charge in [-0.3, -0.25) is 24.0 Å². The molecule has 2 aromatic rings. The molecule has 272 valence electrons. The molecule has 0 fully saturated rings. The molecule has 0 aliphatic heterocycles. The number of rotatable bonds is 16. The van der Waals surface area contributed by atoms with Crippen molar-refractivity contribution in [2.75, 3.05) is 6.61 Å². The van der Waals surface area contributed by atoms with E-state index in [0.717, 1.165) is 22.3 Å². The van der Waals surface area contributed by atoms with E-state index in [-0.39, 0.29) is 36.7 Å². The Balaban J connectivity index is 1.61. The van der Waals surface area contributed by atoms with Crippen LogP contribution in [0, 0.1) is 17.8 Å². The van der Waals surface area contributed by atoms with Crippen LogP contribution in [0.5, 0.6) is 0 Å². The number of aliphatic carboxylic acids is 1. The summed E-state index contributed by atoms with van der Waals surface area (Å²) in [6.45, 7) is 13.5. The van der Waals surface area contributed by atoms with Crippen LogP contribution in [0.15, 0.2) is 48.5 Å². The van der Waals surface area contributed by atoms with Gasteiger partial charge in [0.1, 0.15) is 36.8 Å². The standard InChI is InChI=1S/C37H51N5O8/c1-19(2)17-29(33(44)41-30(20(3)4)34(45)39-23(8)36(47)48)40-32(43)22(7)38-35(46)31(21(5)6)42-37(49)50-18-28-26-15-11-9-13-24(26)25-14-10-12-16-27(25)28/h9-16,19-23,28-31H,17-18H2,1-8H3,(H,38,46)(H,39,45)(H,40,43)(H,41,44)(H,42,49)(H,47,48)/t22-,23-,29-,30-,31-/m0/s1. The minimum absolute atomic E-state index is 0.0268. The Hall–Kier alpha value is -4.94. The molecule has 3 rings (SSSR count). The number of carboxylic acids is 1. The van der Waals surface area contributed by atoms with E-state index in [9.17, 15) is 28.8 Å². The first-order chi connectivity index (χ1) is 23.5. The van der Waals surface area contributed by atoms with E-state index in [4.69, 9.17) is 9.84 Å². The van der Waals surface area contributed by atoms with Crippen LogP contribution in [-0.2, 0) is 28.7 Å². The number of hydrogen-bond donors (Lipinski definition) is 6. The number of fused-ring (bicyclic) bond motifs is 3. The molecule has 2 aromatic carbocycles. The van der Waals surface area contributed by atoms with Crippen molar-refractivity contribution >= 4 is 35.7 Å². The van der Waals surface area contributed by atoms with Gasteiger partial charge in [-0.1, -0.05) is 90.1 Å². The maximum Gasteiger partial charge on any atom is 0.407 e. The Morgan fingerprint density at radius 1 is 0.620 bits per heavy atom. The Kier molecular flexibility index (Phi) is 13.9. The maximum absolute atomic E-state index is 13.3. The van der Waals surface area contributed by atoms with Gasteiger partial charge in [0, 0.05) is 5.92 Å². The number of alkyl carbamates (subject to hydrolysis) is 1. The lowest BCUT2D eigenvalue weighted by molar-refractivity contribution is -0.142. The smallest absolute Gasteiger partial charge is 0.407 e. The van der Waals surface area contributed by atoms with Gasteiger partial charge < -0.3 is 36.4 Å². The fourth-order valence-corrected chi connectivity index (χ4v) is 5.82. The fraction of sp³-hybridized carbons (Fsp3) is 0.514. The average molecular weight is 694 g/mol. The summed E-state index contributed by atoms with van der Waals surface area (Å²) >= 11 is 0. The molecule has 13 nitrogen and oxygen atoms in total. The summed E-state index contributed by atoms with van der Waals surface area (Å²) < 4.78 is 5.63. The van der Waals surface area contributed by atoms with Gasteiger partial charge in [0.2, 0.25) is 23.6 Å². The molecular weight excluding hydrogens is 642 g/mol. The van der Waals surface area contributed by atoms with Gasteiger partial charge in [-0.25, -0.2) is 4.79 Å². The average Bonchev–Trinajstić information content (AvgIpc) is 3.37. The second kappa shape index (κ2) is 17.6. The lowest BCUT2D eigenvalue weighted by Crippen LogP contribution is -2.59. The summed E-state index contributed by atoms with van der Waals surface area (Å²) in [6.07, 6.45) is -0.540. The van der Waals surface area contributed by atoms with Crippen molar-refractivity contribution < 1.29 is 38.6 Å². The molecule has 0 spiro atoms. The van der Waals surface area contributed by atoms with Gasteiger partial charge >= 0.3 is 12.1 Å². The largest absolute Gasteiger partial charge is 0.480 e. The molecule has 0 aromatic heterocycles. The predicted molar refractivity (Wildman–Crippen MR) is 188 cm³/mol. The third kappa shape index (κ3) is 10.3. The molecule has 5 amide bonds. The highest BCUT2D eigenvalue weighted by Crippen LogP contribution is 2.44. The lowest BCUT2D eigenvalue weighted by atomic mass is 9.98. The van der Waals surface area contributed by atoms with Crippen LogP contribution in [0.4, 0.5) is 4.79 Å². The molecule has 0 saturated carbocycles. The molecular formula is C37H51N5O8. The molecule has 0 saturated heterocycles. The van der Waals surface area contributed by atoms with E-state index in [1.54, 1.807) is 27.7 Å². The molecule has 50 heavy (non-hydrogen) atoms. The van der Waals surface area contributed by atoms with Crippen molar-refractivity contribution in [3.8, 4) is 11.1 Å². The second-order valence-electron chi connectivity index (χ2n) is 13.9. The maximum atomic E-state index is 13.3. The third-order valence-corrected chi connectivity index (χ3v) is 8.63. The molecule has 13 heteroatoms. The number of benzene rings is 2. The molecule has 6 N–H and O–H groups in total. The van der Waals surface area contributed by atoms with Gasteiger partial charge in [0.05, 0.1) is 0 Å². The minimum Gasteiger partial charge on any atom is -0.480 e. The Bertz CT molecular complexity index is 1510. The van der Waals surface area contributed by atoms with Crippen LogP contribution in [0.1, 0.15) is 78.9 Å². The number of amides is 5. The number of carbonyl (C=O) groups excluding carboxylic acids is 5. The van der Waals surface area contributed by atoms with Crippen LogP contribution in [0.2, 0.25) is 0 Å². The Morgan fingerprint density at radius 3 is 1.58 bits per heavy atom. The SMILES string of the molecule is CC(C)C[C@H](NC(=O)[C@H](C)NC(=O)[C@@H](NC(=O)OCC1c2ccccc2-c2ccccc21)C(C)C)C(=O)N[C@H](C(=O)N[C@@H](C)C(=O)O)C(C)C.